The molecule has 6 nitrogen and oxygen atoms in total. The topological polar surface area (TPSA) is 91.2 Å². The van der Waals surface area contributed by atoms with Crippen molar-refractivity contribution in [2.24, 2.45) is 0 Å². The summed E-state index contributed by atoms with van der Waals surface area (Å²) >= 11 is 0. The van der Waals surface area contributed by atoms with E-state index in [1.54, 1.807) is 19.1 Å². The number of hydrogen-bond donors (Lipinski definition) is 4. The van der Waals surface area contributed by atoms with Crippen molar-refractivity contribution >= 4 is 0 Å². The summed E-state index contributed by atoms with van der Waals surface area (Å²) in [5, 5.41) is 32.3. The number of benzene rings is 1. The largest absolute Gasteiger partial charge is 0.462 e. The van der Waals surface area contributed by atoms with Crippen LogP contribution >= 0.6 is 0 Å². The monoisotopic (exact) mass is 297 g/mol. The van der Waals surface area contributed by atoms with Crippen LogP contribution in [0.2, 0.25) is 0 Å². The molecule has 21 heavy (non-hydrogen) atoms. The molecule has 0 radical (unpaired) electrons. The third-order valence-corrected chi connectivity index (χ3v) is 3.65. The molecule has 1 aromatic carbocycles. The molecule has 1 saturated heterocycles. The lowest BCUT2D eigenvalue weighted by molar-refractivity contribution is -0.268. The van der Waals surface area contributed by atoms with Gasteiger partial charge in [-0.2, -0.15) is 0 Å². The van der Waals surface area contributed by atoms with Crippen molar-refractivity contribution < 1.29 is 24.8 Å². The Morgan fingerprint density at radius 3 is 2.38 bits per heavy atom. The van der Waals surface area contributed by atoms with Crippen LogP contribution in [0, 0.1) is 0 Å². The van der Waals surface area contributed by atoms with Crippen LogP contribution in [0.15, 0.2) is 24.3 Å². The van der Waals surface area contributed by atoms with Gasteiger partial charge in [-0.25, -0.2) is 0 Å². The summed E-state index contributed by atoms with van der Waals surface area (Å²) in [5.41, 5.74) is 1.17. The predicted octanol–water partition coefficient (Wildman–Crippen LogP) is -0.345. The Morgan fingerprint density at radius 2 is 1.76 bits per heavy atom. The molecule has 0 amide bonds. The zero-order chi connectivity index (χ0) is 15.4. The molecular weight excluding hydrogens is 274 g/mol. The molecule has 0 aliphatic carbocycles. The molecule has 5 atom stereocenters. The number of hydrogen-bond acceptors (Lipinski definition) is 6. The molecule has 2 rings (SSSR count). The fourth-order valence-corrected chi connectivity index (χ4v) is 2.25. The van der Waals surface area contributed by atoms with Crippen molar-refractivity contribution in [3.63, 3.8) is 0 Å². The van der Waals surface area contributed by atoms with E-state index in [4.69, 9.17) is 9.47 Å². The van der Waals surface area contributed by atoms with E-state index in [1.165, 1.54) is 5.56 Å². The Morgan fingerprint density at radius 1 is 1.10 bits per heavy atom. The molecule has 0 saturated carbocycles. The average Bonchev–Trinajstić information content (AvgIpc) is 2.50. The predicted molar refractivity (Wildman–Crippen MR) is 77.1 cm³/mol. The third kappa shape index (κ3) is 3.93. The lowest BCUT2D eigenvalue weighted by Gasteiger charge is -2.38. The molecule has 6 heteroatoms. The first-order valence-corrected chi connectivity index (χ1v) is 7.12. The van der Waals surface area contributed by atoms with Crippen molar-refractivity contribution in [2.75, 3.05) is 13.6 Å². The van der Waals surface area contributed by atoms with E-state index in [-0.39, 0.29) is 0 Å². The van der Waals surface area contributed by atoms with Gasteiger partial charge in [0.1, 0.15) is 24.1 Å². The highest BCUT2D eigenvalue weighted by molar-refractivity contribution is 5.27. The SMILES string of the molecule is CNCCc1ccc(O[C@H]2O[C@@H](C)[C@H](O)[C@@H](O)[C@H]2O)cc1. The quantitative estimate of drug-likeness (QED) is 0.594. The molecule has 1 aromatic rings. The molecule has 1 aliphatic rings. The standard InChI is InChI=1S/C15H23NO5/c1-9-12(17)13(18)14(19)15(20-9)21-11-5-3-10(4-6-11)7-8-16-2/h3-6,9,12-19H,7-8H2,1-2H3/t9-,12-,13+,14+,15+/m0/s1. The number of rotatable bonds is 5. The maximum atomic E-state index is 9.89. The second-order valence-corrected chi connectivity index (χ2v) is 5.30. The van der Waals surface area contributed by atoms with Crippen LogP contribution in [0.1, 0.15) is 12.5 Å². The van der Waals surface area contributed by atoms with Crippen molar-refractivity contribution in [1.82, 2.24) is 5.32 Å². The van der Waals surface area contributed by atoms with Gasteiger partial charge in [0.2, 0.25) is 6.29 Å². The second-order valence-electron chi connectivity index (χ2n) is 5.30. The van der Waals surface area contributed by atoms with E-state index in [0.717, 1.165) is 13.0 Å². The van der Waals surface area contributed by atoms with Crippen molar-refractivity contribution in [3.8, 4) is 5.75 Å². The molecule has 0 spiro atoms. The maximum Gasteiger partial charge on any atom is 0.229 e. The van der Waals surface area contributed by atoms with Gasteiger partial charge < -0.3 is 30.1 Å². The van der Waals surface area contributed by atoms with Gasteiger partial charge in [0.25, 0.3) is 0 Å². The number of aliphatic hydroxyl groups excluding tert-OH is 3. The zero-order valence-electron chi connectivity index (χ0n) is 12.3. The maximum absolute atomic E-state index is 9.89. The van der Waals surface area contributed by atoms with Gasteiger partial charge in [-0.15, -0.1) is 0 Å². The van der Waals surface area contributed by atoms with E-state index in [1.807, 2.05) is 19.2 Å². The van der Waals surface area contributed by atoms with Crippen LogP contribution in [0.4, 0.5) is 0 Å². The first-order chi connectivity index (χ1) is 10.0. The Labute approximate surface area is 124 Å². The van der Waals surface area contributed by atoms with Gasteiger partial charge in [-0.05, 0) is 44.6 Å². The van der Waals surface area contributed by atoms with Gasteiger partial charge in [-0.1, -0.05) is 12.1 Å². The van der Waals surface area contributed by atoms with Crippen molar-refractivity contribution in [1.29, 1.82) is 0 Å². The van der Waals surface area contributed by atoms with Crippen LogP contribution in [-0.2, 0) is 11.2 Å². The number of nitrogens with one attached hydrogen (secondary N) is 1. The summed E-state index contributed by atoms with van der Waals surface area (Å²) in [4.78, 5) is 0. The minimum Gasteiger partial charge on any atom is -0.462 e. The average molecular weight is 297 g/mol. The molecule has 118 valence electrons. The lowest BCUT2D eigenvalue weighted by atomic mass is 10.00. The highest BCUT2D eigenvalue weighted by atomic mass is 16.7. The van der Waals surface area contributed by atoms with Gasteiger partial charge >= 0.3 is 0 Å². The Hall–Kier alpha value is -1.18. The highest BCUT2D eigenvalue weighted by Crippen LogP contribution is 2.24. The smallest absolute Gasteiger partial charge is 0.229 e. The second kappa shape index (κ2) is 7.20. The molecular formula is C15H23NO5. The van der Waals surface area contributed by atoms with Crippen molar-refractivity contribution in [2.45, 2.75) is 44.1 Å². The van der Waals surface area contributed by atoms with E-state index in [0.29, 0.717) is 5.75 Å². The van der Waals surface area contributed by atoms with Gasteiger partial charge in [0.05, 0.1) is 6.10 Å². The first kappa shape index (κ1) is 16.2. The number of aliphatic hydroxyl groups is 3. The Kier molecular flexibility index (Phi) is 5.55. The minimum atomic E-state index is -1.29. The summed E-state index contributed by atoms with van der Waals surface area (Å²) in [6.45, 7) is 2.52. The van der Waals surface area contributed by atoms with Crippen LogP contribution in [0.5, 0.6) is 5.75 Å². The molecule has 0 unspecified atom stereocenters. The Balaban J connectivity index is 1.97. The number of ether oxygens (including phenoxy) is 2. The van der Waals surface area contributed by atoms with E-state index in [2.05, 4.69) is 5.32 Å². The summed E-state index contributed by atoms with van der Waals surface area (Å²) < 4.78 is 10.9. The highest BCUT2D eigenvalue weighted by Gasteiger charge is 2.43. The molecule has 4 N–H and O–H groups in total. The molecule has 1 fully saturated rings. The molecule has 1 aliphatic heterocycles. The van der Waals surface area contributed by atoms with E-state index in [9.17, 15) is 15.3 Å². The van der Waals surface area contributed by atoms with Gasteiger partial charge in [-0.3, -0.25) is 0 Å². The third-order valence-electron chi connectivity index (χ3n) is 3.65. The minimum absolute atomic E-state index is 0.544. The zero-order valence-corrected chi connectivity index (χ0v) is 12.3. The van der Waals surface area contributed by atoms with E-state index >= 15 is 0 Å². The fraction of sp³-hybridized carbons (Fsp3) is 0.600. The van der Waals surface area contributed by atoms with Crippen LogP contribution < -0.4 is 10.1 Å². The first-order valence-electron chi connectivity index (χ1n) is 7.12. The summed E-state index contributed by atoms with van der Waals surface area (Å²) in [7, 11) is 1.90. The number of likely N-dealkylation sites (N-methyl/N-ethyl adjacent to an activating group) is 1. The van der Waals surface area contributed by atoms with E-state index < -0.39 is 30.7 Å². The summed E-state index contributed by atoms with van der Waals surface area (Å²) in [6.07, 6.45) is -4.39. The summed E-state index contributed by atoms with van der Waals surface area (Å²) in [5.74, 6) is 0.544. The molecule has 0 bridgehead atoms. The molecule has 1 heterocycles. The normalized spacial score (nSPS) is 32.9. The van der Waals surface area contributed by atoms with Gasteiger partial charge in [0, 0.05) is 0 Å². The van der Waals surface area contributed by atoms with Crippen LogP contribution in [0.3, 0.4) is 0 Å². The van der Waals surface area contributed by atoms with Crippen LogP contribution in [-0.4, -0.2) is 59.6 Å². The molecule has 0 aromatic heterocycles. The van der Waals surface area contributed by atoms with Crippen molar-refractivity contribution in [3.05, 3.63) is 29.8 Å². The van der Waals surface area contributed by atoms with Crippen LogP contribution in [0.25, 0.3) is 0 Å². The summed E-state index contributed by atoms with van der Waals surface area (Å²) in [6, 6.07) is 7.47. The Bertz CT molecular complexity index is 438. The fourth-order valence-electron chi connectivity index (χ4n) is 2.25. The van der Waals surface area contributed by atoms with Gasteiger partial charge in [0.15, 0.2) is 0 Å². The lowest BCUT2D eigenvalue weighted by Crippen LogP contribution is -2.58.